The highest BCUT2D eigenvalue weighted by Gasteiger charge is 2.33. The van der Waals surface area contributed by atoms with Crippen LogP contribution in [0.3, 0.4) is 0 Å². The first kappa shape index (κ1) is 21.4. The molecule has 29 heavy (non-hydrogen) atoms. The van der Waals surface area contributed by atoms with Crippen molar-refractivity contribution in [1.82, 2.24) is 4.31 Å². The third-order valence-corrected chi connectivity index (χ3v) is 7.69. The number of nitro groups is 1. The molecule has 0 bridgehead atoms. The average Bonchev–Trinajstić information content (AvgIpc) is 2.69. The van der Waals surface area contributed by atoms with Gasteiger partial charge in [0.25, 0.3) is 5.69 Å². The maximum absolute atomic E-state index is 13.0. The summed E-state index contributed by atoms with van der Waals surface area (Å²) < 4.78 is 28.0. The molecule has 10 heteroatoms. The number of rotatable bonds is 5. The lowest BCUT2D eigenvalue weighted by Crippen LogP contribution is -2.41. The molecule has 8 nitrogen and oxygen atoms in total. The molecular weight excluding hydrogens is 462 g/mol. The Bertz CT molecular complexity index is 1050. The maximum Gasteiger partial charge on any atom is 0.270 e. The van der Waals surface area contributed by atoms with Crippen LogP contribution in [-0.4, -0.2) is 36.6 Å². The smallest absolute Gasteiger partial charge is 0.270 e. The lowest BCUT2D eigenvalue weighted by molar-refractivity contribution is -0.385. The second-order valence-electron chi connectivity index (χ2n) is 6.85. The van der Waals surface area contributed by atoms with Gasteiger partial charge in [-0.2, -0.15) is 4.31 Å². The molecule has 0 radical (unpaired) electrons. The predicted molar refractivity (Wildman–Crippen MR) is 112 cm³/mol. The van der Waals surface area contributed by atoms with E-state index in [1.165, 1.54) is 16.4 Å². The van der Waals surface area contributed by atoms with Crippen LogP contribution in [0.4, 0.5) is 11.4 Å². The number of carbonyl (C=O) groups excluding carboxylic acids is 1. The molecular formula is C19H20BrN3O5S. The Morgan fingerprint density at radius 1 is 1.21 bits per heavy atom. The summed E-state index contributed by atoms with van der Waals surface area (Å²) in [5.74, 6) is -0.458. The van der Waals surface area contributed by atoms with Gasteiger partial charge in [-0.15, -0.1) is 0 Å². The Kier molecular flexibility index (Phi) is 6.35. The van der Waals surface area contributed by atoms with Crippen LogP contribution in [0.25, 0.3) is 0 Å². The number of nitro benzene ring substituents is 1. The third-order valence-electron chi connectivity index (χ3n) is 4.96. The van der Waals surface area contributed by atoms with Gasteiger partial charge in [-0.3, -0.25) is 14.9 Å². The number of anilines is 1. The van der Waals surface area contributed by atoms with Crippen LogP contribution in [-0.2, 0) is 14.8 Å². The summed E-state index contributed by atoms with van der Waals surface area (Å²) in [5.41, 5.74) is 0.848. The number of hydrogen-bond donors (Lipinski definition) is 1. The fraction of sp³-hybridized carbons (Fsp3) is 0.316. The molecule has 2 aromatic rings. The summed E-state index contributed by atoms with van der Waals surface area (Å²) in [5, 5.41) is 13.9. The van der Waals surface area contributed by atoms with E-state index in [9.17, 15) is 23.3 Å². The SMILES string of the molecule is Cc1ccc([N+](=O)[O-])cc1S(=O)(=O)N1CCC(C(=O)Nc2ccccc2Br)CC1. The molecule has 1 N–H and O–H groups in total. The van der Waals surface area contributed by atoms with Gasteiger partial charge in [-0.05, 0) is 53.4 Å². The van der Waals surface area contributed by atoms with E-state index in [1.807, 2.05) is 18.2 Å². The molecule has 1 aliphatic rings. The fourth-order valence-corrected chi connectivity index (χ4v) is 5.37. The van der Waals surface area contributed by atoms with E-state index < -0.39 is 14.9 Å². The summed E-state index contributed by atoms with van der Waals surface area (Å²) in [7, 11) is -3.87. The number of carbonyl (C=O) groups is 1. The van der Waals surface area contributed by atoms with Crippen molar-refractivity contribution in [2.45, 2.75) is 24.7 Å². The van der Waals surface area contributed by atoms with E-state index in [-0.39, 0.29) is 35.5 Å². The van der Waals surface area contributed by atoms with Crippen LogP contribution < -0.4 is 5.32 Å². The molecule has 0 unspecified atom stereocenters. The number of piperidine rings is 1. The molecule has 0 aliphatic carbocycles. The molecule has 1 fully saturated rings. The van der Waals surface area contributed by atoms with Gasteiger partial charge in [0.1, 0.15) is 0 Å². The van der Waals surface area contributed by atoms with E-state index in [2.05, 4.69) is 21.2 Å². The number of para-hydroxylation sites is 1. The van der Waals surface area contributed by atoms with Crippen molar-refractivity contribution in [2.24, 2.45) is 5.92 Å². The summed E-state index contributed by atoms with van der Waals surface area (Å²) in [4.78, 5) is 22.9. The summed E-state index contributed by atoms with van der Waals surface area (Å²) in [6.07, 6.45) is 0.757. The van der Waals surface area contributed by atoms with E-state index in [0.29, 0.717) is 24.1 Å². The predicted octanol–water partition coefficient (Wildman–Crippen LogP) is 3.71. The highest BCUT2D eigenvalue weighted by Crippen LogP contribution is 2.29. The Labute approximate surface area is 177 Å². The average molecular weight is 482 g/mol. The largest absolute Gasteiger partial charge is 0.325 e. The number of nitrogens with one attached hydrogen (secondary N) is 1. The lowest BCUT2D eigenvalue weighted by atomic mass is 9.97. The van der Waals surface area contributed by atoms with Gasteiger partial charge in [0.15, 0.2) is 0 Å². The number of aryl methyl sites for hydroxylation is 1. The molecule has 0 atom stereocenters. The van der Waals surface area contributed by atoms with E-state index in [1.54, 1.807) is 13.0 Å². The first-order valence-corrected chi connectivity index (χ1v) is 11.2. The van der Waals surface area contributed by atoms with Crippen LogP contribution in [0.5, 0.6) is 0 Å². The van der Waals surface area contributed by atoms with Crippen LogP contribution in [0.2, 0.25) is 0 Å². The van der Waals surface area contributed by atoms with Crippen molar-refractivity contribution in [2.75, 3.05) is 18.4 Å². The summed E-state index contributed by atoms with van der Waals surface area (Å²) in [6, 6.07) is 11.1. The number of non-ortho nitro benzene ring substituents is 1. The Balaban J connectivity index is 1.70. The van der Waals surface area contributed by atoms with Crippen molar-refractivity contribution in [1.29, 1.82) is 0 Å². The summed E-state index contributed by atoms with van der Waals surface area (Å²) >= 11 is 3.38. The first-order valence-electron chi connectivity index (χ1n) is 9.00. The standard InChI is InChI=1S/C19H20BrN3O5S/c1-13-6-7-15(23(25)26)12-18(13)29(27,28)22-10-8-14(9-11-22)19(24)21-17-5-3-2-4-16(17)20/h2-7,12,14H,8-11H2,1H3,(H,21,24). The molecule has 3 rings (SSSR count). The Morgan fingerprint density at radius 2 is 1.86 bits per heavy atom. The second-order valence-corrected chi connectivity index (χ2v) is 9.62. The van der Waals surface area contributed by atoms with Crippen molar-refractivity contribution < 1.29 is 18.1 Å². The third kappa shape index (κ3) is 4.65. The monoisotopic (exact) mass is 481 g/mol. The van der Waals surface area contributed by atoms with Crippen molar-refractivity contribution in [3.05, 3.63) is 62.6 Å². The normalized spacial score (nSPS) is 15.8. The van der Waals surface area contributed by atoms with E-state index in [0.717, 1.165) is 10.5 Å². The van der Waals surface area contributed by atoms with Gasteiger partial charge in [0, 0.05) is 35.6 Å². The van der Waals surface area contributed by atoms with Crippen LogP contribution in [0, 0.1) is 23.0 Å². The first-order chi connectivity index (χ1) is 13.7. The molecule has 2 aromatic carbocycles. The minimum absolute atomic E-state index is 0.0668. The van der Waals surface area contributed by atoms with Gasteiger partial charge in [-0.25, -0.2) is 8.42 Å². The Hall–Kier alpha value is -2.30. The number of sulfonamides is 1. The zero-order valence-electron chi connectivity index (χ0n) is 15.7. The highest BCUT2D eigenvalue weighted by atomic mass is 79.9. The topological polar surface area (TPSA) is 110 Å². The van der Waals surface area contributed by atoms with Crippen molar-refractivity contribution >= 4 is 43.2 Å². The molecule has 1 saturated heterocycles. The molecule has 154 valence electrons. The Morgan fingerprint density at radius 3 is 2.48 bits per heavy atom. The van der Waals surface area contributed by atoms with Gasteiger partial charge in [0.2, 0.25) is 15.9 Å². The summed E-state index contributed by atoms with van der Waals surface area (Å²) in [6.45, 7) is 1.96. The quantitative estimate of drug-likeness (QED) is 0.516. The van der Waals surface area contributed by atoms with Crippen LogP contribution >= 0.6 is 15.9 Å². The van der Waals surface area contributed by atoms with E-state index in [4.69, 9.17) is 0 Å². The second kappa shape index (κ2) is 8.60. The van der Waals surface area contributed by atoms with Gasteiger partial charge in [-0.1, -0.05) is 18.2 Å². The van der Waals surface area contributed by atoms with Crippen molar-refractivity contribution in [3.8, 4) is 0 Å². The number of amides is 1. The molecule has 1 heterocycles. The minimum Gasteiger partial charge on any atom is -0.325 e. The maximum atomic E-state index is 13.0. The molecule has 0 saturated carbocycles. The molecule has 0 spiro atoms. The molecule has 0 aromatic heterocycles. The van der Waals surface area contributed by atoms with Crippen LogP contribution in [0.1, 0.15) is 18.4 Å². The highest BCUT2D eigenvalue weighted by molar-refractivity contribution is 9.10. The minimum atomic E-state index is -3.87. The number of nitrogens with zero attached hydrogens (tertiary/aromatic N) is 2. The zero-order chi connectivity index (χ0) is 21.2. The zero-order valence-corrected chi connectivity index (χ0v) is 18.1. The molecule has 1 amide bonds. The van der Waals surface area contributed by atoms with Gasteiger partial charge in [0.05, 0.1) is 15.5 Å². The molecule has 1 aliphatic heterocycles. The number of hydrogen-bond acceptors (Lipinski definition) is 5. The van der Waals surface area contributed by atoms with Gasteiger partial charge < -0.3 is 5.32 Å². The van der Waals surface area contributed by atoms with Crippen molar-refractivity contribution in [3.63, 3.8) is 0 Å². The van der Waals surface area contributed by atoms with Gasteiger partial charge >= 0.3 is 0 Å². The lowest BCUT2D eigenvalue weighted by Gasteiger charge is -2.31. The van der Waals surface area contributed by atoms with Crippen LogP contribution in [0.15, 0.2) is 51.8 Å². The number of benzene rings is 2. The van der Waals surface area contributed by atoms with E-state index >= 15 is 0 Å². The fourth-order valence-electron chi connectivity index (χ4n) is 3.28. The number of halogens is 1.